The first-order valence-corrected chi connectivity index (χ1v) is 10.1. The highest BCUT2D eigenvalue weighted by Crippen LogP contribution is 2.31. The van der Waals surface area contributed by atoms with Gasteiger partial charge in [0.1, 0.15) is 0 Å². The van der Waals surface area contributed by atoms with Crippen LogP contribution >= 0.6 is 22.9 Å². The van der Waals surface area contributed by atoms with E-state index in [0.29, 0.717) is 14.9 Å². The minimum absolute atomic E-state index is 0.0820. The van der Waals surface area contributed by atoms with Gasteiger partial charge in [0.25, 0.3) is 11.8 Å². The normalized spacial score (nSPS) is 12.8. The van der Waals surface area contributed by atoms with E-state index in [-0.39, 0.29) is 22.5 Å². The molecule has 30 heavy (non-hydrogen) atoms. The maximum absolute atomic E-state index is 12.9. The van der Waals surface area contributed by atoms with Crippen LogP contribution in [0, 0.1) is 6.92 Å². The Morgan fingerprint density at radius 2 is 1.73 bits per heavy atom. The molecule has 0 aliphatic carbocycles. The minimum Gasteiger partial charge on any atom is -0.454 e. The maximum atomic E-state index is 12.9. The van der Waals surface area contributed by atoms with Gasteiger partial charge in [0.2, 0.25) is 5.78 Å². The predicted molar refractivity (Wildman–Crippen MR) is 113 cm³/mol. The molecular weight excluding hydrogens is 426 g/mol. The number of carbonyl (C=O) groups is 4. The lowest BCUT2D eigenvalue weighted by atomic mass is 10.1. The summed E-state index contributed by atoms with van der Waals surface area (Å²) in [5, 5.41) is 0. The molecule has 0 saturated carbocycles. The number of hydrogen-bond acceptors (Lipinski definition) is 6. The number of para-hydroxylation sites is 1. The highest BCUT2D eigenvalue weighted by Gasteiger charge is 2.37. The number of thiophene rings is 1. The third-order valence-corrected chi connectivity index (χ3v) is 5.93. The number of fused-ring (bicyclic) bond motifs is 1. The number of carbonyl (C=O) groups excluding carboxylic acids is 4. The molecule has 1 aliphatic heterocycles. The molecule has 0 atom stereocenters. The number of hydrogen-bond donors (Lipinski definition) is 0. The van der Waals surface area contributed by atoms with E-state index in [4.69, 9.17) is 16.3 Å². The fourth-order valence-corrected chi connectivity index (χ4v) is 4.12. The van der Waals surface area contributed by atoms with Gasteiger partial charge in [-0.3, -0.25) is 14.4 Å². The van der Waals surface area contributed by atoms with Gasteiger partial charge in [-0.2, -0.15) is 0 Å². The van der Waals surface area contributed by atoms with Crippen LogP contribution in [-0.4, -0.2) is 30.2 Å². The van der Waals surface area contributed by atoms with E-state index < -0.39 is 24.4 Å². The summed E-state index contributed by atoms with van der Waals surface area (Å²) in [6.45, 7) is 1.36. The summed E-state index contributed by atoms with van der Waals surface area (Å²) in [5.74, 6) is -2.10. The number of anilines is 1. The number of benzene rings is 2. The van der Waals surface area contributed by atoms with Crippen molar-refractivity contribution in [3.05, 3.63) is 86.1 Å². The zero-order chi connectivity index (χ0) is 21.4. The molecular formula is C22H14ClNO5S. The molecule has 3 aromatic rings. The molecule has 6 nitrogen and oxygen atoms in total. The van der Waals surface area contributed by atoms with Crippen LogP contribution in [0.4, 0.5) is 5.69 Å². The van der Waals surface area contributed by atoms with Crippen molar-refractivity contribution in [1.82, 2.24) is 0 Å². The summed E-state index contributed by atoms with van der Waals surface area (Å²) in [6, 6.07) is 14.3. The molecule has 0 fully saturated rings. The first-order valence-electron chi connectivity index (χ1n) is 8.91. The molecule has 1 aromatic heterocycles. The van der Waals surface area contributed by atoms with Crippen LogP contribution in [0.5, 0.6) is 0 Å². The quantitative estimate of drug-likeness (QED) is 0.331. The Morgan fingerprint density at radius 3 is 2.43 bits per heavy atom. The number of Topliss-reactive ketones (excluding diaryl/α,β-unsaturated/α-hetero) is 1. The summed E-state index contributed by atoms with van der Waals surface area (Å²) < 4.78 is 5.53. The van der Waals surface area contributed by atoms with Gasteiger partial charge in [0, 0.05) is 0 Å². The van der Waals surface area contributed by atoms with Crippen molar-refractivity contribution in [2.45, 2.75) is 6.92 Å². The van der Waals surface area contributed by atoms with Gasteiger partial charge in [-0.15, -0.1) is 11.3 Å². The van der Waals surface area contributed by atoms with E-state index in [1.807, 2.05) is 6.07 Å². The number of ether oxygens (including phenoxy) is 1. The van der Waals surface area contributed by atoms with E-state index in [0.717, 1.165) is 21.8 Å². The van der Waals surface area contributed by atoms with Gasteiger partial charge in [-0.25, -0.2) is 9.69 Å². The van der Waals surface area contributed by atoms with Gasteiger partial charge in [0.05, 0.1) is 31.6 Å². The zero-order valence-corrected chi connectivity index (χ0v) is 17.3. The van der Waals surface area contributed by atoms with Crippen LogP contribution in [0.15, 0.2) is 54.6 Å². The number of halogens is 1. The Balaban J connectivity index is 1.53. The molecule has 0 radical (unpaired) electrons. The van der Waals surface area contributed by atoms with Crippen molar-refractivity contribution in [2.75, 3.05) is 11.5 Å². The van der Waals surface area contributed by atoms with E-state index in [1.165, 1.54) is 18.2 Å². The third kappa shape index (κ3) is 3.53. The number of rotatable bonds is 5. The van der Waals surface area contributed by atoms with Crippen LogP contribution in [0.25, 0.3) is 0 Å². The largest absolute Gasteiger partial charge is 0.454 e. The minimum atomic E-state index is -0.761. The molecule has 2 aromatic carbocycles. The molecule has 8 heteroatoms. The molecule has 0 saturated heterocycles. The average molecular weight is 440 g/mol. The lowest BCUT2D eigenvalue weighted by molar-refractivity contribution is 0.0475. The summed E-state index contributed by atoms with van der Waals surface area (Å²) in [5.41, 5.74) is 1.68. The number of imide groups is 1. The second-order valence-electron chi connectivity index (χ2n) is 6.60. The van der Waals surface area contributed by atoms with Crippen LogP contribution in [0.1, 0.15) is 46.3 Å². The van der Waals surface area contributed by atoms with Crippen molar-refractivity contribution < 1.29 is 23.9 Å². The highest BCUT2D eigenvalue weighted by atomic mass is 35.5. The third-order valence-electron chi connectivity index (χ3n) is 4.66. The number of ketones is 1. The van der Waals surface area contributed by atoms with Gasteiger partial charge < -0.3 is 4.74 Å². The second-order valence-corrected chi connectivity index (χ2v) is 8.31. The monoisotopic (exact) mass is 439 g/mol. The van der Waals surface area contributed by atoms with Gasteiger partial charge in [-0.05, 0) is 48.9 Å². The van der Waals surface area contributed by atoms with Crippen molar-refractivity contribution in [2.24, 2.45) is 0 Å². The summed E-state index contributed by atoms with van der Waals surface area (Å²) in [6.07, 6.45) is 0. The second kappa shape index (κ2) is 7.85. The van der Waals surface area contributed by atoms with Crippen LogP contribution in [-0.2, 0) is 4.74 Å². The Morgan fingerprint density at radius 1 is 1.00 bits per heavy atom. The van der Waals surface area contributed by atoms with Crippen LogP contribution in [0.2, 0.25) is 4.34 Å². The molecule has 2 amide bonds. The lowest BCUT2D eigenvalue weighted by Crippen LogP contribution is -2.29. The van der Waals surface area contributed by atoms with Crippen molar-refractivity contribution in [1.29, 1.82) is 0 Å². The Hall–Kier alpha value is -3.29. The van der Waals surface area contributed by atoms with E-state index in [1.54, 1.807) is 37.3 Å². The highest BCUT2D eigenvalue weighted by molar-refractivity contribution is 7.18. The lowest BCUT2D eigenvalue weighted by Gasteiger charge is -2.16. The SMILES string of the molecule is Cc1ccccc1N1C(=O)c2ccc(C(=O)OCC(=O)c3ccc(Cl)s3)cc2C1=O. The first-order chi connectivity index (χ1) is 14.4. The molecule has 2 heterocycles. The standard InChI is InChI=1S/C22H14ClNO5S/c1-12-4-2-3-5-16(12)24-20(26)14-7-6-13(10-15(14)21(24)27)22(28)29-11-17(25)18-8-9-19(23)30-18/h2-10H,11H2,1H3. The topological polar surface area (TPSA) is 80.8 Å². The van der Waals surface area contributed by atoms with E-state index in [9.17, 15) is 19.2 Å². The number of amides is 2. The summed E-state index contributed by atoms with van der Waals surface area (Å²) in [7, 11) is 0. The van der Waals surface area contributed by atoms with Crippen molar-refractivity contribution in [3.8, 4) is 0 Å². The Kier molecular flexibility index (Phi) is 5.24. The van der Waals surface area contributed by atoms with Gasteiger partial charge in [0.15, 0.2) is 6.61 Å². The average Bonchev–Trinajstić information content (AvgIpc) is 3.28. The molecule has 1 aliphatic rings. The van der Waals surface area contributed by atoms with E-state index >= 15 is 0 Å². The molecule has 4 rings (SSSR count). The van der Waals surface area contributed by atoms with Gasteiger partial charge >= 0.3 is 5.97 Å². The van der Waals surface area contributed by atoms with Gasteiger partial charge in [-0.1, -0.05) is 29.8 Å². The predicted octanol–water partition coefficient (Wildman–Crippen LogP) is 4.55. The fourth-order valence-electron chi connectivity index (χ4n) is 3.15. The number of nitrogens with zero attached hydrogens (tertiary/aromatic N) is 1. The molecule has 0 bridgehead atoms. The maximum Gasteiger partial charge on any atom is 0.338 e. The summed E-state index contributed by atoms with van der Waals surface area (Å²) >= 11 is 6.90. The molecule has 0 unspecified atom stereocenters. The van der Waals surface area contributed by atoms with Crippen LogP contribution < -0.4 is 4.90 Å². The van der Waals surface area contributed by atoms with Crippen molar-refractivity contribution >= 4 is 52.2 Å². The van der Waals surface area contributed by atoms with E-state index in [2.05, 4.69) is 0 Å². The number of aryl methyl sites for hydroxylation is 1. The number of esters is 1. The zero-order valence-electron chi connectivity index (χ0n) is 15.7. The molecule has 150 valence electrons. The molecule has 0 spiro atoms. The Labute approximate surface area is 180 Å². The fraction of sp³-hybridized carbons (Fsp3) is 0.0909. The molecule has 0 N–H and O–H groups in total. The first kappa shape index (κ1) is 20.0. The smallest absolute Gasteiger partial charge is 0.338 e. The van der Waals surface area contributed by atoms with Crippen molar-refractivity contribution in [3.63, 3.8) is 0 Å². The summed E-state index contributed by atoms with van der Waals surface area (Å²) in [4.78, 5) is 51.6. The Bertz CT molecular complexity index is 1220. The van der Waals surface area contributed by atoms with Crippen LogP contribution in [0.3, 0.4) is 0 Å².